The number of aromatic nitrogens is 1. The largest absolute Gasteiger partial charge is 0.380 e. The predicted molar refractivity (Wildman–Crippen MR) is 90.4 cm³/mol. The zero-order valence-electron chi connectivity index (χ0n) is 14.2. The molecule has 22 heavy (non-hydrogen) atoms. The molecule has 4 heterocycles. The molecule has 0 N–H and O–H groups in total. The zero-order chi connectivity index (χ0) is 15.5. The highest BCUT2D eigenvalue weighted by Crippen LogP contribution is 2.35. The van der Waals surface area contributed by atoms with E-state index in [0.29, 0.717) is 18.1 Å². The number of fused-ring (bicyclic) bond motifs is 2. The van der Waals surface area contributed by atoms with E-state index in [9.17, 15) is 0 Å². The maximum absolute atomic E-state index is 5.59. The second-order valence-electron chi connectivity index (χ2n) is 6.45. The second kappa shape index (κ2) is 6.97. The van der Waals surface area contributed by atoms with Crippen LogP contribution in [0.4, 0.5) is 5.82 Å². The molecule has 0 aromatic carbocycles. The minimum absolute atomic E-state index is 0.667. The fourth-order valence-corrected chi connectivity index (χ4v) is 4.12. The van der Waals surface area contributed by atoms with Gasteiger partial charge in [0.2, 0.25) is 0 Å². The highest BCUT2D eigenvalue weighted by atomic mass is 16.5. The van der Waals surface area contributed by atoms with E-state index in [1.807, 2.05) is 20.0 Å². The fraction of sp³-hybridized carbons (Fsp3) is 0.722. The van der Waals surface area contributed by atoms with Crippen LogP contribution >= 0.6 is 0 Å². The van der Waals surface area contributed by atoms with E-state index in [2.05, 4.69) is 33.8 Å². The summed E-state index contributed by atoms with van der Waals surface area (Å²) in [7, 11) is 0. The van der Waals surface area contributed by atoms with E-state index in [0.717, 1.165) is 32.1 Å². The molecule has 3 aliphatic rings. The summed E-state index contributed by atoms with van der Waals surface area (Å²) in [6, 6.07) is 6.40. The van der Waals surface area contributed by atoms with Crippen molar-refractivity contribution in [1.29, 1.82) is 0 Å². The number of ether oxygens (including phenoxy) is 1. The first kappa shape index (κ1) is 15.8. The molecule has 0 aliphatic carbocycles. The minimum Gasteiger partial charge on any atom is -0.380 e. The molecule has 4 nitrogen and oxygen atoms in total. The summed E-state index contributed by atoms with van der Waals surface area (Å²) in [6.07, 6.45) is 5.87. The van der Waals surface area contributed by atoms with Gasteiger partial charge in [-0.15, -0.1) is 0 Å². The summed E-state index contributed by atoms with van der Waals surface area (Å²) in [5.74, 6) is 1.15. The third-order valence-electron chi connectivity index (χ3n) is 5.09. The monoisotopic (exact) mass is 303 g/mol. The highest BCUT2D eigenvalue weighted by Gasteiger charge is 2.44. The van der Waals surface area contributed by atoms with Crippen LogP contribution in [0.3, 0.4) is 0 Å². The first-order chi connectivity index (χ1) is 10.8. The molecule has 122 valence electrons. The van der Waals surface area contributed by atoms with Crippen LogP contribution in [0, 0.1) is 6.92 Å². The van der Waals surface area contributed by atoms with Crippen LogP contribution in [-0.2, 0) is 4.74 Å². The Bertz CT molecular complexity index is 456. The number of aryl methyl sites for hydroxylation is 1. The van der Waals surface area contributed by atoms with Crippen molar-refractivity contribution in [2.45, 2.75) is 58.2 Å². The Balaban J connectivity index is 0.000000693. The number of hydrogen-bond acceptors (Lipinski definition) is 4. The maximum atomic E-state index is 5.59. The molecule has 4 rings (SSSR count). The Labute approximate surface area is 134 Å². The van der Waals surface area contributed by atoms with Crippen molar-refractivity contribution in [3.05, 3.63) is 23.9 Å². The van der Waals surface area contributed by atoms with E-state index in [1.165, 1.54) is 24.8 Å². The smallest absolute Gasteiger partial charge is 0.128 e. The van der Waals surface area contributed by atoms with Crippen LogP contribution in [-0.4, -0.2) is 54.3 Å². The van der Waals surface area contributed by atoms with Crippen LogP contribution in [0.25, 0.3) is 0 Å². The second-order valence-corrected chi connectivity index (χ2v) is 6.45. The lowest BCUT2D eigenvalue weighted by Crippen LogP contribution is -2.57. The summed E-state index contributed by atoms with van der Waals surface area (Å²) in [5, 5.41) is 0. The molecule has 0 radical (unpaired) electrons. The third kappa shape index (κ3) is 2.99. The molecular formula is C18H29N3O. The molecule has 1 aromatic rings. The SMILES string of the molecule is CC.Cc1ccc(N2CC3CCC(C2)N3C2CCOC2)nc1. The van der Waals surface area contributed by atoms with Gasteiger partial charge in [0.15, 0.2) is 0 Å². The van der Waals surface area contributed by atoms with Crippen molar-refractivity contribution in [1.82, 2.24) is 9.88 Å². The van der Waals surface area contributed by atoms with Gasteiger partial charge in [-0.25, -0.2) is 4.98 Å². The van der Waals surface area contributed by atoms with E-state index in [4.69, 9.17) is 4.74 Å². The number of pyridine rings is 1. The number of hydrogen-bond donors (Lipinski definition) is 0. The summed E-state index contributed by atoms with van der Waals surface area (Å²) in [4.78, 5) is 9.85. The van der Waals surface area contributed by atoms with Crippen LogP contribution in [0.1, 0.15) is 38.7 Å². The quantitative estimate of drug-likeness (QED) is 0.840. The van der Waals surface area contributed by atoms with Gasteiger partial charge < -0.3 is 9.64 Å². The van der Waals surface area contributed by atoms with Crippen molar-refractivity contribution in [3.8, 4) is 0 Å². The van der Waals surface area contributed by atoms with E-state index in [1.54, 1.807) is 0 Å². The van der Waals surface area contributed by atoms with Gasteiger partial charge in [0.1, 0.15) is 5.82 Å². The average Bonchev–Trinajstić information content (AvgIpc) is 3.16. The molecule has 3 aliphatic heterocycles. The molecule has 0 saturated carbocycles. The Kier molecular flexibility index (Phi) is 4.99. The van der Waals surface area contributed by atoms with Crippen LogP contribution in [0.5, 0.6) is 0 Å². The number of nitrogens with zero attached hydrogens (tertiary/aromatic N) is 3. The molecule has 3 saturated heterocycles. The zero-order valence-corrected chi connectivity index (χ0v) is 14.2. The maximum Gasteiger partial charge on any atom is 0.128 e. The summed E-state index contributed by atoms with van der Waals surface area (Å²) in [5.41, 5.74) is 1.23. The molecule has 1 aromatic heterocycles. The summed E-state index contributed by atoms with van der Waals surface area (Å²) < 4.78 is 5.59. The molecular weight excluding hydrogens is 274 g/mol. The van der Waals surface area contributed by atoms with E-state index in [-0.39, 0.29) is 0 Å². The van der Waals surface area contributed by atoms with Gasteiger partial charge in [0.05, 0.1) is 6.61 Å². The molecule has 3 unspecified atom stereocenters. The van der Waals surface area contributed by atoms with Gasteiger partial charge in [-0.2, -0.15) is 0 Å². The Morgan fingerprint density at radius 2 is 1.77 bits per heavy atom. The van der Waals surface area contributed by atoms with Crippen LogP contribution < -0.4 is 4.90 Å². The molecule has 4 heteroatoms. The molecule has 0 amide bonds. The van der Waals surface area contributed by atoms with Gasteiger partial charge in [0.25, 0.3) is 0 Å². The predicted octanol–water partition coefficient (Wildman–Crippen LogP) is 2.86. The molecule has 3 atom stereocenters. The number of piperazine rings is 1. The van der Waals surface area contributed by atoms with E-state index < -0.39 is 0 Å². The van der Waals surface area contributed by atoms with Crippen molar-refractivity contribution >= 4 is 5.82 Å². The van der Waals surface area contributed by atoms with Crippen molar-refractivity contribution in [2.24, 2.45) is 0 Å². The lowest BCUT2D eigenvalue weighted by Gasteiger charge is -2.44. The standard InChI is InChI=1S/C16H23N3O.C2H6/c1-12-2-5-16(17-8-12)18-9-13-3-4-14(10-18)19(13)15-6-7-20-11-15;1-2/h2,5,8,13-15H,3-4,6-7,9-11H2,1H3;1-2H3. The first-order valence-corrected chi connectivity index (χ1v) is 8.84. The number of rotatable bonds is 2. The lowest BCUT2D eigenvalue weighted by molar-refractivity contribution is 0.0918. The Hall–Kier alpha value is -1.13. The van der Waals surface area contributed by atoms with Crippen LogP contribution in [0.2, 0.25) is 0 Å². The Morgan fingerprint density at radius 3 is 2.32 bits per heavy atom. The van der Waals surface area contributed by atoms with Crippen molar-refractivity contribution in [3.63, 3.8) is 0 Å². The minimum atomic E-state index is 0.667. The Morgan fingerprint density at radius 1 is 1.05 bits per heavy atom. The van der Waals surface area contributed by atoms with Gasteiger partial charge in [-0.1, -0.05) is 19.9 Å². The lowest BCUT2D eigenvalue weighted by atomic mass is 10.1. The van der Waals surface area contributed by atoms with Gasteiger partial charge in [-0.3, -0.25) is 4.90 Å². The van der Waals surface area contributed by atoms with Crippen molar-refractivity contribution in [2.75, 3.05) is 31.2 Å². The fourth-order valence-electron chi connectivity index (χ4n) is 4.12. The van der Waals surface area contributed by atoms with Gasteiger partial charge >= 0.3 is 0 Å². The highest BCUT2D eigenvalue weighted by molar-refractivity contribution is 5.41. The van der Waals surface area contributed by atoms with Gasteiger partial charge in [0, 0.05) is 44.0 Å². The normalized spacial score (nSPS) is 31.0. The van der Waals surface area contributed by atoms with Gasteiger partial charge in [-0.05, 0) is 37.8 Å². The third-order valence-corrected chi connectivity index (χ3v) is 5.09. The number of anilines is 1. The molecule has 0 spiro atoms. The summed E-state index contributed by atoms with van der Waals surface area (Å²) in [6.45, 7) is 10.2. The van der Waals surface area contributed by atoms with Crippen LogP contribution in [0.15, 0.2) is 18.3 Å². The summed E-state index contributed by atoms with van der Waals surface area (Å²) >= 11 is 0. The first-order valence-electron chi connectivity index (χ1n) is 8.84. The van der Waals surface area contributed by atoms with Crippen molar-refractivity contribution < 1.29 is 4.74 Å². The molecule has 2 bridgehead atoms. The average molecular weight is 303 g/mol. The molecule has 3 fully saturated rings. The topological polar surface area (TPSA) is 28.6 Å². The van der Waals surface area contributed by atoms with E-state index >= 15 is 0 Å².